The lowest BCUT2D eigenvalue weighted by Crippen LogP contribution is -2.28. The van der Waals surface area contributed by atoms with Crippen LogP contribution in [0, 0.1) is 0 Å². The largest absolute Gasteiger partial charge is 0.370 e. The summed E-state index contributed by atoms with van der Waals surface area (Å²) in [5.41, 5.74) is 1.60. The Morgan fingerprint density at radius 2 is 1.78 bits per heavy atom. The van der Waals surface area contributed by atoms with Gasteiger partial charge in [-0.05, 0) is 12.8 Å². The van der Waals surface area contributed by atoms with E-state index >= 15 is 0 Å². The molecule has 2 heterocycles. The van der Waals surface area contributed by atoms with Gasteiger partial charge in [0.25, 0.3) is 5.89 Å². The number of aromatic nitrogens is 5. The van der Waals surface area contributed by atoms with Gasteiger partial charge in [-0.3, -0.25) is 0 Å². The lowest BCUT2D eigenvalue weighted by Gasteiger charge is -2.25. The summed E-state index contributed by atoms with van der Waals surface area (Å²) in [6, 6.07) is 9.74. The minimum Gasteiger partial charge on any atom is -0.370 e. The molecule has 0 saturated carbocycles. The molecule has 0 aliphatic heterocycles. The van der Waals surface area contributed by atoms with Crippen molar-refractivity contribution in [3.8, 4) is 22.8 Å². The minimum atomic E-state index is -0.543. The van der Waals surface area contributed by atoms with E-state index in [0.717, 1.165) is 18.4 Å². The third-order valence-corrected chi connectivity index (χ3v) is 4.16. The van der Waals surface area contributed by atoms with Crippen molar-refractivity contribution in [3.05, 3.63) is 36.2 Å². The Morgan fingerprint density at radius 3 is 2.43 bits per heavy atom. The number of nitrogens with zero attached hydrogens (tertiary/aromatic N) is 4. The molecular formula is C16H19N5O2. The molecule has 3 rings (SSSR count). The number of benzene rings is 1. The molecule has 2 aromatic heterocycles. The van der Waals surface area contributed by atoms with Crippen LogP contribution in [0.15, 0.2) is 34.9 Å². The van der Waals surface area contributed by atoms with E-state index in [1.54, 1.807) is 7.11 Å². The summed E-state index contributed by atoms with van der Waals surface area (Å²) >= 11 is 0. The van der Waals surface area contributed by atoms with Crippen molar-refractivity contribution in [2.75, 3.05) is 7.11 Å². The molecular weight excluding hydrogens is 294 g/mol. The fraction of sp³-hybridized carbons (Fsp3) is 0.375. The fourth-order valence-corrected chi connectivity index (χ4v) is 2.63. The highest BCUT2D eigenvalue weighted by Gasteiger charge is 2.34. The van der Waals surface area contributed by atoms with Crippen LogP contribution in [-0.4, -0.2) is 32.7 Å². The number of rotatable bonds is 6. The molecule has 0 spiro atoms. The first kappa shape index (κ1) is 15.4. The zero-order chi connectivity index (χ0) is 16.3. The molecule has 0 bridgehead atoms. The van der Waals surface area contributed by atoms with Gasteiger partial charge in [0.05, 0.1) is 0 Å². The van der Waals surface area contributed by atoms with Crippen molar-refractivity contribution >= 4 is 0 Å². The molecule has 23 heavy (non-hydrogen) atoms. The van der Waals surface area contributed by atoms with Crippen LogP contribution in [0.5, 0.6) is 0 Å². The SMILES string of the molecule is CCC(CC)(OC)c1noc(-c2n[nH]nc2-c2ccccc2)n1. The highest BCUT2D eigenvalue weighted by molar-refractivity contribution is 5.73. The van der Waals surface area contributed by atoms with Crippen molar-refractivity contribution in [2.24, 2.45) is 0 Å². The summed E-state index contributed by atoms with van der Waals surface area (Å²) < 4.78 is 11.1. The Morgan fingerprint density at radius 1 is 1.09 bits per heavy atom. The third kappa shape index (κ3) is 2.63. The summed E-state index contributed by atoms with van der Waals surface area (Å²) in [7, 11) is 1.66. The van der Waals surface area contributed by atoms with Gasteiger partial charge >= 0.3 is 0 Å². The van der Waals surface area contributed by atoms with Gasteiger partial charge in [0.15, 0.2) is 5.69 Å². The molecule has 3 aromatic rings. The van der Waals surface area contributed by atoms with Crippen LogP contribution in [0.1, 0.15) is 32.5 Å². The summed E-state index contributed by atoms with van der Waals surface area (Å²) in [5, 5.41) is 15.1. The van der Waals surface area contributed by atoms with Crippen molar-refractivity contribution < 1.29 is 9.26 Å². The number of H-pyrrole nitrogens is 1. The van der Waals surface area contributed by atoms with Gasteiger partial charge in [-0.15, -0.1) is 0 Å². The molecule has 0 unspecified atom stereocenters. The molecule has 7 nitrogen and oxygen atoms in total. The summed E-state index contributed by atoms with van der Waals surface area (Å²) in [5.74, 6) is 0.859. The number of nitrogens with one attached hydrogen (secondary N) is 1. The Kier molecular flexibility index (Phi) is 4.20. The summed E-state index contributed by atoms with van der Waals surface area (Å²) in [4.78, 5) is 4.50. The van der Waals surface area contributed by atoms with E-state index in [1.807, 2.05) is 44.2 Å². The van der Waals surface area contributed by atoms with E-state index in [4.69, 9.17) is 9.26 Å². The third-order valence-electron chi connectivity index (χ3n) is 4.16. The van der Waals surface area contributed by atoms with E-state index in [-0.39, 0.29) is 0 Å². The van der Waals surface area contributed by atoms with E-state index in [0.29, 0.717) is 23.1 Å². The Balaban J connectivity index is 2.01. The smallest absolute Gasteiger partial charge is 0.280 e. The average Bonchev–Trinajstić information content (AvgIpc) is 3.27. The summed E-state index contributed by atoms with van der Waals surface area (Å²) in [6.45, 7) is 4.07. The molecule has 0 aliphatic rings. The number of hydrogen-bond acceptors (Lipinski definition) is 6. The molecule has 120 valence electrons. The number of aromatic amines is 1. The fourth-order valence-electron chi connectivity index (χ4n) is 2.63. The number of ether oxygens (including phenoxy) is 1. The van der Waals surface area contributed by atoms with Crippen LogP contribution < -0.4 is 0 Å². The van der Waals surface area contributed by atoms with Gasteiger partial charge in [-0.25, -0.2) is 0 Å². The number of hydrogen-bond donors (Lipinski definition) is 1. The minimum absolute atomic E-state index is 0.330. The van der Waals surface area contributed by atoms with Gasteiger partial charge in [0.2, 0.25) is 5.82 Å². The molecule has 0 fully saturated rings. The normalized spacial score (nSPS) is 11.8. The molecule has 0 atom stereocenters. The van der Waals surface area contributed by atoms with Crippen molar-refractivity contribution in [1.82, 2.24) is 25.6 Å². The molecule has 0 aliphatic carbocycles. The van der Waals surface area contributed by atoms with E-state index in [9.17, 15) is 0 Å². The molecule has 1 aromatic carbocycles. The zero-order valence-electron chi connectivity index (χ0n) is 13.4. The van der Waals surface area contributed by atoms with Crippen molar-refractivity contribution in [2.45, 2.75) is 32.3 Å². The van der Waals surface area contributed by atoms with Crippen LogP contribution in [0.25, 0.3) is 22.8 Å². The predicted molar refractivity (Wildman–Crippen MR) is 84.4 cm³/mol. The second-order valence-electron chi connectivity index (χ2n) is 5.22. The van der Waals surface area contributed by atoms with E-state index in [2.05, 4.69) is 25.6 Å². The Hall–Kier alpha value is -2.54. The van der Waals surface area contributed by atoms with Crippen LogP contribution in [0.2, 0.25) is 0 Å². The molecule has 0 amide bonds. The highest BCUT2D eigenvalue weighted by Crippen LogP contribution is 2.33. The Bertz CT molecular complexity index is 753. The lowest BCUT2D eigenvalue weighted by atomic mass is 9.96. The van der Waals surface area contributed by atoms with E-state index < -0.39 is 5.60 Å². The average molecular weight is 313 g/mol. The number of methoxy groups -OCH3 is 1. The Labute approximate surface area is 134 Å². The van der Waals surface area contributed by atoms with Crippen molar-refractivity contribution in [3.63, 3.8) is 0 Å². The standard InChI is InChI=1S/C16H19N5O2/c1-4-16(5-2,22-3)15-17-14(23-20-15)13-12(18-21-19-13)11-9-7-6-8-10-11/h6-10H,4-5H2,1-3H3,(H,18,19,21). The summed E-state index contributed by atoms with van der Waals surface area (Å²) in [6.07, 6.45) is 1.51. The second-order valence-corrected chi connectivity index (χ2v) is 5.22. The second kappa shape index (κ2) is 6.29. The first-order valence-corrected chi connectivity index (χ1v) is 7.60. The van der Waals surface area contributed by atoms with Crippen molar-refractivity contribution in [1.29, 1.82) is 0 Å². The quantitative estimate of drug-likeness (QED) is 0.751. The van der Waals surface area contributed by atoms with Gasteiger partial charge in [-0.2, -0.15) is 20.4 Å². The lowest BCUT2D eigenvalue weighted by molar-refractivity contribution is -0.0306. The van der Waals surface area contributed by atoms with Gasteiger partial charge < -0.3 is 9.26 Å². The van der Waals surface area contributed by atoms with Gasteiger partial charge in [-0.1, -0.05) is 49.3 Å². The van der Waals surface area contributed by atoms with Crippen LogP contribution in [-0.2, 0) is 10.3 Å². The maximum atomic E-state index is 5.64. The maximum absolute atomic E-state index is 5.64. The van der Waals surface area contributed by atoms with E-state index in [1.165, 1.54) is 0 Å². The zero-order valence-corrected chi connectivity index (χ0v) is 13.4. The first-order chi connectivity index (χ1) is 11.2. The monoisotopic (exact) mass is 313 g/mol. The maximum Gasteiger partial charge on any atom is 0.280 e. The molecule has 1 N–H and O–H groups in total. The van der Waals surface area contributed by atoms with Gasteiger partial charge in [0.1, 0.15) is 11.3 Å². The van der Waals surface area contributed by atoms with Crippen LogP contribution >= 0.6 is 0 Å². The topological polar surface area (TPSA) is 89.7 Å². The molecule has 7 heteroatoms. The molecule has 0 radical (unpaired) electrons. The van der Waals surface area contributed by atoms with Crippen LogP contribution in [0.3, 0.4) is 0 Å². The van der Waals surface area contributed by atoms with Crippen LogP contribution in [0.4, 0.5) is 0 Å². The highest BCUT2D eigenvalue weighted by atomic mass is 16.5. The predicted octanol–water partition coefficient (Wildman–Crippen LogP) is 3.18. The first-order valence-electron chi connectivity index (χ1n) is 7.60. The molecule has 0 saturated heterocycles. The van der Waals surface area contributed by atoms with Gasteiger partial charge in [0, 0.05) is 12.7 Å².